The van der Waals surface area contributed by atoms with Crippen molar-refractivity contribution in [2.75, 3.05) is 18.1 Å². The fourth-order valence-corrected chi connectivity index (χ4v) is 3.92. The lowest BCUT2D eigenvalue weighted by atomic mass is 10.00. The van der Waals surface area contributed by atoms with Crippen molar-refractivity contribution in [2.45, 2.75) is 38.3 Å². The van der Waals surface area contributed by atoms with Gasteiger partial charge in [-0.3, -0.25) is 0 Å². The summed E-state index contributed by atoms with van der Waals surface area (Å²) in [4.78, 5) is 0. The van der Waals surface area contributed by atoms with Gasteiger partial charge in [0.1, 0.15) is 11.4 Å². The van der Waals surface area contributed by atoms with Crippen LogP contribution in [0.3, 0.4) is 0 Å². The number of ether oxygens (including phenoxy) is 1. The number of hydrogen-bond acceptors (Lipinski definition) is 3. The number of benzene rings is 1. The van der Waals surface area contributed by atoms with E-state index in [0.29, 0.717) is 0 Å². The number of fused-ring (bicyclic) bond motifs is 1. The van der Waals surface area contributed by atoms with E-state index in [1.807, 2.05) is 11.8 Å². The number of hydrogen-bond donors (Lipinski definition) is 1. The molecule has 98 valence electrons. The lowest BCUT2D eigenvalue weighted by Crippen LogP contribution is -2.38. The lowest BCUT2D eigenvalue weighted by Gasteiger charge is -2.34. The number of nitrogens with one attached hydrogen (secondary N) is 1. The second-order valence-electron chi connectivity index (χ2n) is 5.57. The minimum Gasteiger partial charge on any atom is -0.487 e. The Balaban J connectivity index is 1.76. The number of thioether (sulfide) groups is 1. The van der Waals surface area contributed by atoms with Gasteiger partial charge in [0, 0.05) is 12.3 Å². The van der Waals surface area contributed by atoms with Crippen LogP contribution in [-0.4, -0.2) is 23.7 Å². The molecule has 2 aliphatic rings. The number of rotatable bonds is 2. The van der Waals surface area contributed by atoms with E-state index in [2.05, 4.69) is 30.4 Å². The molecule has 1 unspecified atom stereocenters. The molecule has 0 saturated carbocycles. The minimum absolute atomic E-state index is 0.0270. The largest absolute Gasteiger partial charge is 0.487 e. The second kappa shape index (κ2) is 5.14. The fraction of sp³-hybridized carbons (Fsp3) is 0.600. The van der Waals surface area contributed by atoms with Crippen molar-refractivity contribution in [1.29, 1.82) is 0 Å². The van der Waals surface area contributed by atoms with E-state index in [9.17, 15) is 0 Å². The zero-order chi connectivity index (χ0) is 12.4. The molecule has 0 bridgehead atoms. The Labute approximate surface area is 113 Å². The normalized spacial score (nSPS) is 27.6. The predicted molar refractivity (Wildman–Crippen MR) is 77.4 cm³/mol. The summed E-state index contributed by atoms with van der Waals surface area (Å²) in [5.41, 5.74) is 2.91. The van der Waals surface area contributed by atoms with Crippen LogP contribution < -0.4 is 10.1 Å². The molecule has 18 heavy (non-hydrogen) atoms. The third-order valence-electron chi connectivity index (χ3n) is 3.83. The van der Waals surface area contributed by atoms with Crippen LogP contribution in [0, 0.1) is 0 Å². The highest BCUT2D eigenvalue weighted by Crippen LogP contribution is 2.32. The third kappa shape index (κ3) is 2.67. The van der Waals surface area contributed by atoms with Crippen molar-refractivity contribution in [1.82, 2.24) is 5.32 Å². The van der Waals surface area contributed by atoms with E-state index in [4.69, 9.17) is 4.74 Å². The van der Waals surface area contributed by atoms with Crippen molar-refractivity contribution in [3.8, 4) is 5.75 Å². The maximum absolute atomic E-state index is 6.26. The van der Waals surface area contributed by atoms with Gasteiger partial charge in [-0.05, 0) is 61.7 Å². The van der Waals surface area contributed by atoms with Gasteiger partial charge >= 0.3 is 0 Å². The first kappa shape index (κ1) is 12.4. The molecule has 0 spiro atoms. The molecule has 0 amide bonds. The average Bonchev–Trinajstić information content (AvgIpc) is 2.39. The molecule has 1 atom stereocenters. The van der Waals surface area contributed by atoms with E-state index in [0.717, 1.165) is 31.0 Å². The summed E-state index contributed by atoms with van der Waals surface area (Å²) < 4.78 is 6.26. The van der Waals surface area contributed by atoms with Crippen LogP contribution in [0.2, 0.25) is 0 Å². The smallest absolute Gasteiger partial charge is 0.120 e. The van der Waals surface area contributed by atoms with Crippen molar-refractivity contribution in [3.63, 3.8) is 0 Å². The molecule has 0 radical (unpaired) electrons. The highest BCUT2D eigenvalue weighted by Gasteiger charge is 2.29. The predicted octanol–water partition coefficient (Wildman–Crippen LogP) is 3.00. The van der Waals surface area contributed by atoms with Crippen LogP contribution in [0.25, 0.3) is 0 Å². The molecule has 1 saturated heterocycles. The van der Waals surface area contributed by atoms with E-state index in [-0.39, 0.29) is 5.60 Å². The van der Waals surface area contributed by atoms with Gasteiger partial charge in [-0.25, -0.2) is 0 Å². The van der Waals surface area contributed by atoms with Gasteiger partial charge < -0.3 is 10.1 Å². The van der Waals surface area contributed by atoms with Crippen LogP contribution in [-0.2, 0) is 13.0 Å². The second-order valence-corrected chi connectivity index (χ2v) is 6.67. The first-order valence-corrected chi connectivity index (χ1v) is 8.00. The molecule has 1 fully saturated rings. The first-order valence-electron chi connectivity index (χ1n) is 6.84. The molecular weight excluding hydrogens is 242 g/mol. The van der Waals surface area contributed by atoms with Gasteiger partial charge in [0.25, 0.3) is 0 Å². The summed E-state index contributed by atoms with van der Waals surface area (Å²) >= 11 is 2.01. The third-order valence-corrected chi connectivity index (χ3v) is 5.22. The van der Waals surface area contributed by atoms with E-state index in [1.165, 1.54) is 29.7 Å². The summed E-state index contributed by atoms with van der Waals surface area (Å²) in [6.45, 7) is 4.33. The SMILES string of the molecule is CC1(Oc2ccc3c(c2)CNCC3)CCCSC1. The Hall–Kier alpha value is -0.670. The Morgan fingerprint density at radius 1 is 1.33 bits per heavy atom. The standard InChI is InChI=1S/C15H21NOS/c1-15(6-2-8-18-11-15)17-14-4-3-12-5-7-16-10-13(12)9-14/h3-4,9,16H,2,5-8,10-11H2,1H3. The summed E-state index contributed by atoms with van der Waals surface area (Å²) in [7, 11) is 0. The minimum atomic E-state index is 0.0270. The van der Waals surface area contributed by atoms with Crippen molar-refractivity contribution in [2.24, 2.45) is 0 Å². The quantitative estimate of drug-likeness (QED) is 0.886. The molecular formula is C15H21NOS. The zero-order valence-electron chi connectivity index (χ0n) is 11.0. The Morgan fingerprint density at radius 3 is 3.11 bits per heavy atom. The molecule has 1 N–H and O–H groups in total. The van der Waals surface area contributed by atoms with E-state index in [1.54, 1.807) is 0 Å². The molecule has 2 aliphatic heterocycles. The molecule has 1 aromatic rings. The van der Waals surface area contributed by atoms with Crippen LogP contribution in [0.5, 0.6) is 5.75 Å². The molecule has 1 aromatic carbocycles. The van der Waals surface area contributed by atoms with Crippen LogP contribution in [0.1, 0.15) is 30.9 Å². The van der Waals surface area contributed by atoms with Crippen LogP contribution in [0.15, 0.2) is 18.2 Å². The first-order chi connectivity index (χ1) is 8.75. The van der Waals surface area contributed by atoms with Crippen molar-refractivity contribution >= 4 is 11.8 Å². The van der Waals surface area contributed by atoms with Gasteiger partial charge in [0.2, 0.25) is 0 Å². The fourth-order valence-electron chi connectivity index (χ4n) is 2.79. The molecule has 3 rings (SSSR count). The monoisotopic (exact) mass is 263 g/mol. The summed E-state index contributed by atoms with van der Waals surface area (Å²) in [6.07, 6.45) is 3.59. The van der Waals surface area contributed by atoms with Gasteiger partial charge in [0.05, 0.1) is 0 Å². The Bertz CT molecular complexity index is 427. The van der Waals surface area contributed by atoms with Gasteiger partial charge in [0.15, 0.2) is 0 Å². The molecule has 0 aromatic heterocycles. The zero-order valence-corrected chi connectivity index (χ0v) is 11.8. The molecule has 3 heteroatoms. The van der Waals surface area contributed by atoms with E-state index >= 15 is 0 Å². The molecule has 2 heterocycles. The highest BCUT2D eigenvalue weighted by atomic mass is 32.2. The average molecular weight is 263 g/mol. The van der Waals surface area contributed by atoms with Crippen LogP contribution >= 0.6 is 11.8 Å². The highest BCUT2D eigenvalue weighted by molar-refractivity contribution is 7.99. The van der Waals surface area contributed by atoms with Crippen molar-refractivity contribution < 1.29 is 4.74 Å². The van der Waals surface area contributed by atoms with Crippen molar-refractivity contribution in [3.05, 3.63) is 29.3 Å². The summed E-state index contributed by atoms with van der Waals surface area (Å²) in [5.74, 6) is 3.44. The van der Waals surface area contributed by atoms with E-state index < -0.39 is 0 Å². The summed E-state index contributed by atoms with van der Waals surface area (Å²) in [6, 6.07) is 6.62. The topological polar surface area (TPSA) is 21.3 Å². The Kier molecular flexibility index (Phi) is 3.53. The summed E-state index contributed by atoms with van der Waals surface area (Å²) in [5, 5.41) is 3.42. The molecule has 0 aliphatic carbocycles. The van der Waals surface area contributed by atoms with Gasteiger partial charge in [-0.1, -0.05) is 6.07 Å². The lowest BCUT2D eigenvalue weighted by molar-refractivity contribution is 0.101. The van der Waals surface area contributed by atoms with Gasteiger partial charge in [-0.15, -0.1) is 0 Å². The van der Waals surface area contributed by atoms with Crippen LogP contribution in [0.4, 0.5) is 0 Å². The maximum Gasteiger partial charge on any atom is 0.120 e. The van der Waals surface area contributed by atoms with Gasteiger partial charge in [-0.2, -0.15) is 11.8 Å². The maximum atomic E-state index is 6.26. The molecule has 2 nitrogen and oxygen atoms in total. The Morgan fingerprint density at radius 2 is 2.28 bits per heavy atom.